The molecule has 0 bridgehead atoms. The van der Waals surface area contributed by atoms with Crippen molar-refractivity contribution in [2.45, 2.75) is 57.8 Å². The zero-order valence-electron chi connectivity index (χ0n) is 12.7. The third kappa shape index (κ3) is 8.28. The number of carbonyl (C=O) groups is 2. The molecule has 0 saturated carbocycles. The molecule has 3 heteroatoms. The Morgan fingerprint density at radius 2 is 1.43 bits per heavy atom. The van der Waals surface area contributed by atoms with E-state index >= 15 is 0 Å². The number of esters is 2. The number of carbonyl (C=O) groups excluding carboxylic acids is 2. The Morgan fingerprint density at radius 3 is 2.05 bits per heavy atom. The number of rotatable bonds is 10. The Balaban J connectivity index is 2.05. The molecule has 3 nitrogen and oxygen atoms in total. The fraction of sp³-hybridized carbons (Fsp3) is 0.500. The average Bonchev–Trinajstić information content (AvgIpc) is 2.50. The molecular weight excluding hydrogens is 264 g/mol. The second-order valence-corrected chi connectivity index (χ2v) is 5.21. The molecule has 0 atom stereocenters. The molecule has 115 valence electrons. The third-order valence-corrected chi connectivity index (χ3v) is 3.35. The molecule has 0 saturated heterocycles. The van der Waals surface area contributed by atoms with Gasteiger partial charge in [-0.1, -0.05) is 70.1 Å². The Morgan fingerprint density at radius 1 is 0.857 bits per heavy atom. The van der Waals surface area contributed by atoms with E-state index in [1.54, 1.807) is 24.3 Å². The summed E-state index contributed by atoms with van der Waals surface area (Å²) in [4.78, 5) is 23.2. The van der Waals surface area contributed by atoms with Crippen molar-refractivity contribution in [3.05, 3.63) is 42.8 Å². The molecule has 1 radical (unpaired) electrons. The van der Waals surface area contributed by atoms with E-state index in [1.165, 1.54) is 25.7 Å². The Kier molecular flexibility index (Phi) is 9.18. The van der Waals surface area contributed by atoms with E-state index in [0.717, 1.165) is 25.7 Å². The molecule has 0 N–H and O–H groups in total. The number of hydrogen-bond acceptors (Lipinski definition) is 3. The van der Waals surface area contributed by atoms with Crippen LogP contribution in [0, 0.1) is 6.92 Å². The summed E-state index contributed by atoms with van der Waals surface area (Å²) in [6.45, 7) is 3.82. The Hall–Kier alpha value is -1.64. The lowest BCUT2D eigenvalue weighted by Gasteiger charge is -2.03. The van der Waals surface area contributed by atoms with Gasteiger partial charge in [-0.2, -0.15) is 0 Å². The number of benzene rings is 1. The van der Waals surface area contributed by atoms with Gasteiger partial charge in [0.05, 0.1) is 5.56 Å². The average molecular weight is 289 g/mol. The van der Waals surface area contributed by atoms with Crippen LogP contribution in [0.15, 0.2) is 30.3 Å². The minimum atomic E-state index is -0.561. The molecule has 0 amide bonds. The highest BCUT2D eigenvalue weighted by Crippen LogP contribution is 2.10. The highest BCUT2D eigenvalue weighted by Gasteiger charge is 2.11. The van der Waals surface area contributed by atoms with Crippen LogP contribution in [0.2, 0.25) is 0 Å². The monoisotopic (exact) mass is 289 g/mol. The van der Waals surface area contributed by atoms with E-state index in [2.05, 4.69) is 6.92 Å². The molecule has 0 heterocycles. The van der Waals surface area contributed by atoms with Gasteiger partial charge in [-0.05, 0) is 18.6 Å². The number of unbranched alkanes of at least 4 members (excludes halogenated alkanes) is 7. The zero-order chi connectivity index (χ0) is 15.3. The zero-order valence-corrected chi connectivity index (χ0v) is 12.7. The minimum absolute atomic E-state index is 0.317. The standard InChI is InChI=1S/C18H25O3/c1-2-3-4-5-6-7-8-12-15-17(19)21-18(20)16-13-10-9-11-14-16/h9-11,13-14H,1-8,12,15H2. The third-order valence-electron chi connectivity index (χ3n) is 3.35. The summed E-state index contributed by atoms with van der Waals surface area (Å²) in [5.74, 6) is -0.991. The van der Waals surface area contributed by atoms with Crippen LogP contribution in [0.1, 0.15) is 68.1 Å². The fourth-order valence-electron chi connectivity index (χ4n) is 2.12. The van der Waals surface area contributed by atoms with Crippen molar-refractivity contribution >= 4 is 11.9 Å². The molecule has 0 aliphatic carbocycles. The number of ether oxygens (including phenoxy) is 1. The lowest BCUT2D eigenvalue weighted by Crippen LogP contribution is -2.12. The smallest absolute Gasteiger partial charge is 0.345 e. The van der Waals surface area contributed by atoms with Gasteiger partial charge < -0.3 is 4.74 Å². The first-order valence-corrected chi connectivity index (χ1v) is 7.83. The van der Waals surface area contributed by atoms with Crippen LogP contribution in [-0.4, -0.2) is 11.9 Å². The SMILES string of the molecule is [CH2]CCCCCCCCCC(=O)OC(=O)c1ccccc1. The lowest BCUT2D eigenvalue weighted by atomic mass is 10.1. The molecule has 0 spiro atoms. The molecule has 1 aromatic carbocycles. The van der Waals surface area contributed by atoms with E-state index in [0.29, 0.717) is 12.0 Å². The first-order chi connectivity index (χ1) is 10.2. The van der Waals surface area contributed by atoms with Gasteiger partial charge >= 0.3 is 11.9 Å². The van der Waals surface area contributed by atoms with Crippen LogP contribution in [0.5, 0.6) is 0 Å². The maximum Gasteiger partial charge on any atom is 0.345 e. The van der Waals surface area contributed by atoms with Crippen molar-refractivity contribution in [1.29, 1.82) is 0 Å². The molecule has 0 fully saturated rings. The first kappa shape index (κ1) is 17.4. The van der Waals surface area contributed by atoms with E-state index < -0.39 is 11.9 Å². The van der Waals surface area contributed by atoms with Crippen molar-refractivity contribution in [3.8, 4) is 0 Å². The number of hydrogen-bond donors (Lipinski definition) is 0. The largest absolute Gasteiger partial charge is 0.389 e. The molecule has 0 aliphatic rings. The maximum absolute atomic E-state index is 11.6. The summed E-state index contributed by atoms with van der Waals surface area (Å²) in [7, 11) is 0. The summed E-state index contributed by atoms with van der Waals surface area (Å²) < 4.78 is 4.81. The highest BCUT2D eigenvalue weighted by atomic mass is 16.6. The predicted octanol–water partition coefficient (Wildman–Crippen LogP) is 4.71. The summed E-state index contributed by atoms with van der Waals surface area (Å²) in [5.41, 5.74) is 0.413. The van der Waals surface area contributed by atoms with Crippen molar-refractivity contribution in [2.75, 3.05) is 0 Å². The first-order valence-electron chi connectivity index (χ1n) is 7.83. The van der Waals surface area contributed by atoms with Crippen LogP contribution >= 0.6 is 0 Å². The minimum Gasteiger partial charge on any atom is -0.389 e. The lowest BCUT2D eigenvalue weighted by molar-refractivity contribution is -0.138. The fourth-order valence-corrected chi connectivity index (χ4v) is 2.12. The topological polar surface area (TPSA) is 43.4 Å². The summed E-state index contributed by atoms with van der Waals surface area (Å²) in [6, 6.07) is 8.59. The van der Waals surface area contributed by atoms with Crippen LogP contribution in [0.4, 0.5) is 0 Å². The van der Waals surface area contributed by atoms with Crippen LogP contribution in [0.25, 0.3) is 0 Å². The van der Waals surface area contributed by atoms with Crippen LogP contribution in [-0.2, 0) is 9.53 Å². The Bertz CT molecular complexity index is 412. The normalized spacial score (nSPS) is 10.3. The van der Waals surface area contributed by atoms with Gasteiger partial charge in [0.1, 0.15) is 0 Å². The van der Waals surface area contributed by atoms with Crippen LogP contribution in [0.3, 0.4) is 0 Å². The van der Waals surface area contributed by atoms with Gasteiger partial charge in [0.15, 0.2) is 0 Å². The van der Waals surface area contributed by atoms with E-state index in [1.807, 2.05) is 6.07 Å². The molecule has 21 heavy (non-hydrogen) atoms. The summed E-state index contributed by atoms with van der Waals surface area (Å²) >= 11 is 0. The van der Waals surface area contributed by atoms with Gasteiger partial charge in [0.25, 0.3) is 0 Å². The molecule has 0 aromatic heterocycles. The Labute approximate surface area is 127 Å². The van der Waals surface area contributed by atoms with E-state index in [9.17, 15) is 9.59 Å². The second-order valence-electron chi connectivity index (χ2n) is 5.21. The van der Waals surface area contributed by atoms with Gasteiger partial charge in [0, 0.05) is 6.42 Å². The molecule has 1 rings (SSSR count). The predicted molar refractivity (Wildman–Crippen MR) is 83.8 cm³/mol. The molecule has 0 aliphatic heterocycles. The second kappa shape index (κ2) is 11.1. The van der Waals surface area contributed by atoms with E-state index in [4.69, 9.17) is 4.74 Å². The van der Waals surface area contributed by atoms with Crippen molar-refractivity contribution in [2.24, 2.45) is 0 Å². The van der Waals surface area contributed by atoms with Gasteiger partial charge in [-0.3, -0.25) is 4.79 Å². The summed E-state index contributed by atoms with van der Waals surface area (Å²) in [6.07, 6.45) is 9.17. The molecular formula is C18H25O3. The van der Waals surface area contributed by atoms with Crippen molar-refractivity contribution in [1.82, 2.24) is 0 Å². The van der Waals surface area contributed by atoms with Gasteiger partial charge in [-0.15, -0.1) is 0 Å². The molecule has 0 unspecified atom stereocenters. The van der Waals surface area contributed by atoms with Gasteiger partial charge in [-0.25, -0.2) is 4.79 Å². The van der Waals surface area contributed by atoms with Gasteiger partial charge in [0.2, 0.25) is 0 Å². The summed E-state index contributed by atoms with van der Waals surface area (Å²) in [5, 5.41) is 0. The maximum atomic E-state index is 11.6. The quantitative estimate of drug-likeness (QED) is 0.356. The molecule has 1 aromatic rings. The van der Waals surface area contributed by atoms with Crippen LogP contribution < -0.4 is 0 Å². The highest BCUT2D eigenvalue weighted by molar-refractivity contribution is 5.96. The van der Waals surface area contributed by atoms with Crippen molar-refractivity contribution in [3.63, 3.8) is 0 Å². The van der Waals surface area contributed by atoms with Crippen molar-refractivity contribution < 1.29 is 14.3 Å². The van der Waals surface area contributed by atoms with E-state index in [-0.39, 0.29) is 0 Å².